The summed E-state index contributed by atoms with van der Waals surface area (Å²) in [4.78, 5) is 0. The van der Waals surface area contributed by atoms with E-state index in [2.05, 4.69) is 50.8 Å². The monoisotopic (exact) mass is 280 g/mol. The van der Waals surface area contributed by atoms with Gasteiger partial charge in [-0.2, -0.15) is 0 Å². The van der Waals surface area contributed by atoms with Crippen molar-refractivity contribution in [2.75, 3.05) is 0 Å². The van der Waals surface area contributed by atoms with Crippen molar-refractivity contribution in [2.45, 2.75) is 40.0 Å². The number of fused-ring (bicyclic) bond motifs is 1. The number of allylic oxidation sites excluding steroid dienone is 4. The van der Waals surface area contributed by atoms with Crippen LogP contribution in [-0.2, 0) is 6.42 Å². The SMILES string of the molecule is C=C/C=C(\CCC)c1cccc2c(CC)c(/C=C\C)oc12. The molecule has 0 aliphatic rings. The molecule has 0 N–H and O–H groups in total. The van der Waals surface area contributed by atoms with Crippen LogP contribution in [0.15, 0.2) is 47.4 Å². The van der Waals surface area contributed by atoms with Crippen molar-refractivity contribution in [3.63, 3.8) is 0 Å². The molecule has 1 heterocycles. The van der Waals surface area contributed by atoms with E-state index in [4.69, 9.17) is 4.42 Å². The molecule has 2 aromatic rings. The molecule has 0 atom stereocenters. The summed E-state index contributed by atoms with van der Waals surface area (Å²) >= 11 is 0. The third kappa shape index (κ3) is 3.02. The highest BCUT2D eigenvalue weighted by Crippen LogP contribution is 2.34. The Morgan fingerprint density at radius 3 is 2.71 bits per heavy atom. The molecule has 0 aliphatic carbocycles. The van der Waals surface area contributed by atoms with E-state index in [1.807, 2.05) is 19.1 Å². The Morgan fingerprint density at radius 2 is 2.10 bits per heavy atom. The van der Waals surface area contributed by atoms with Gasteiger partial charge < -0.3 is 4.42 Å². The lowest BCUT2D eigenvalue weighted by Crippen LogP contribution is -1.86. The van der Waals surface area contributed by atoms with Gasteiger partial charge in [0.05, 0.1) is 0 Å². The lowest BCUT2D eigenvalue weighted by Gasteiger charge is -2.06. The Kier molecular flexibility index (Phi) is 5.21. The van der Waals surface area contributed by atoms with Gasteiger partial charge in [-0.15, -0.1) is 0 Å². The molecule has 0 unspecified atom stereocenters. The maximum atomic E-state index is 6.17. The normalized spacial score (nSPS) is 12.4. The van der Waals surface area contributed by atoms with Gasteiger partial charge in [-0.3, -0.25) is 0 Å². The van der Waals surface area contributed by atoms with Crippen molar-refractivity contribution < 1.29 is 4.42 Å². The molecule has 0 saturated carbocycles. The fraction of sp³-hybridized carbons (Fsp3) is 0.300. The van der Waals surface area contributed by atoms with Crippen LogP contribution in [0.4, 0.5) is 0 Å². The first-order chi connectivity index (χ1) is 10.3. The van der Waals surface area contributed by atoms with Gasteiger partial charge in [0.2, 0.25) is 0 Å². The molecule has 0 radical (unpaired) electrons. The molecule has 1 aromatic carbocycles. The summed E-state index contributed by atoms with van der Waals surface area (Å²) in [6.07, 6.45) is 11.2. The number of benzene rings is 1. The number of furan rings is 1. The van der Waals surface area contributed by atoms with Crippen LogP contribution >= 0.6 is 0 Å². The number of hydrogen-bond acceptors (Lipinski definition) is 1. The van der Waals surface area contributed by atoms with Gasteiger partial charge in [-0.1, -0.05) is 63.3 Å². The lowest BCUT2D eigenvalue weighted by atomic mass is 9.97. The highest BCUT2D eigenvalue weighted by Gasteiger charge is 2.15. The van der Waals surface area contributed by atoms with Crippen LogP contribution < -0.4 is 0 Å². The van der Waals surface area contributed by atoms with E-state index < -0.39 is 0 Å². The summed E-state index contributed by atoms with van der Waals surface area (Å²) in [7, 11) is 0. The first-order valence-corrected chi connectivity index (χ1v) is 7.75. The number of rotatable bonds is 6. The van der Waals surface area contributed by atoms with Crippen molar-refractivity contribution in [1.29, 1.82) is 0 Å². The molecule has 0 aliphatic heterocycles. The Bertz CT molecular complexity index is 683. The summed E-state index contributed by atoms with van der Waals surface area (Å²) in [6, 6.07) is 6.43. The average molecular weight is 280 g/mol. The standard InChI is InChI=1S/C20H24O/c1-5-10-15(11-6-2)17-13-9-14-18-16(8-4)19(12-7-3)21-20(17)18/h5,7,9-10,12-14H,1,6,8,11H2,2-4H3/b12-7-,15-10+. The number of hydrogen-bond donors (Lipinski definition) is 0. The van der Waals surface area contributed by atoms with E-state index in [1.165, 1.54) is 22.1 Å². The van der Waals surface area contributed by atoms with Crippen LogP contribution in [0, 0.1) is 0 Å². The Labute approximate surface area is 127 Å². The van der Waals surface area contributed by atoms with E-state index in [9.17, 15) is 0 Å². The van der Waals surface area contributed by atoms with Gasteiger partial charge in [0.25, 0.3) is 0 Å². The molecule has 0 saturated heterocycles. The van der Waals surface area contributed by atoms with Gasteiger partial charge in [0.15, 0.2) is 0 Å². The second kappa shape index (κ2) is 7.12. The van der Waals surface area contributed by atoms with E-state index in [0.717, 1.165) is 30.6 Å². The molecule has 0 bridgehead atoms. The van der Waals surface area contributed by atoms with Crippen LogP contribution in [0.25, 0.3) is 22.6 Å². The summed E-state index contributed by atoms with van der Waals surface area (Å²) in [5, 5.41) is 1.23. The first-order valence-electron chi connectivity index (χ1n) is 7.75. The fourth-order valence-electron chi connectivity index (χ4n) is 2.81. The van der Waals surface area contributed by atoms with Crippen LogP contribution in [0.2, 0.25) is 0 Å². The average Bonchev–Trinajstić information content (AvgIpc) is 2.84. The zero-order chi connectivity index (χ0) is 15.2. The van der Waals surface area contributed by atoms with E-state index in [0.29, 0.717) is 0 Å². The van der Waals surface area contributed by atoms with Crippen LogP contribution in [0.5, 0.6) is 0 Å². The molecule has 2 rings (SSSR count). The summed E-state index contributed by atoms with van der Waals surface area (Å²) in [5.74, 6) is 0.983. The van der Waals surface area contributed by atoms with Crippen molar-refractivity contribution in [3.8, 4) is 0 Å². The fourth-order valence-corrected chi connectivity index (χ4v) is 2.81. The van der Waals surface area contributed by atoms with E-state index in [1.54, 1.807) is 0 Å². The molecule has 1 aromatic heterocycles. The third-order valence-electron chi connectivity index (χ3n) is 3.71. The van der Waals surface area contributed by atoms with Gasteiger partial charge in [-0.25, -0.2) is 0 Å². The number of aryl methyl sites for hydroxylation is 1. The molecule has 110 valence electrons. The highest BCUT2D eigenvalue weighted by molar-refractivity contribution is 5.94. The minimum Gasteiger partial charge on any atom is -0.456 e. The topological polar surface area (TPSA) is 13.1 Å². The minimum atomic E-state index is 0.977. The van der Waals surface area contributed by atoms with Gasteiger partial charge >= 0.3 is 0 Å². The molecular formula is C20H24O. The lowest BCUT2D eigenvalue weighted by molar-refractivity contribution is 0.598. The Balaban J connectivity index is 2.70. The first kappa shape index (κ1) is 15.4. The highest BCUT2D eigenvalue weighted by atomic mass is 16.3. The molecular weight excluding hydrogens is 256 g/mol. The van der Waals surface area contributed by atoms with Crippen molar-refractivity contribution in [3.05, 3.63) is 59.9 Å². The Morgan fingerprint density at radius 1 is 1.29 bits per heavy atom. The summed E-state index contributed by atoms with van der Waals surface area (Å²) in [6.45, 7) is 10.2. The molecule has 21 heavy (non-hydrogen) atoms. The number of para-hydroxylation sites is 1. The summed E-state index contributed by atoms with van der Waals surface area (Å²) < 4.78 is 6.17. The maximum Gasteiger partial charge on any atom is 0.142 e. The molecule has 1 heteroatoms. The van der Waals surface area contributed by atoms with Crippen LogP contribution in [0.3, 0.4) is 0 Å². The van der Waals surface area contributed by atoms with Gasteiger partial charge in [0.1, 0.15) is 11.3 Å². The molecule has 0 spiro atoms. The van der Waals surface area contributed by atoms with Gasteiger partial charge in [-0.05, 0) is 31.4 Å². The molecule has 1 nitrogen and oxygen atoms in total. The van der Waals surface area contributed by atoms with Crippen LogP contribution in [-0.4, -0.2) is 0 Å². The maximum absolute atomic E-state index is 6.17. The molecule has 0 fully saturated rings. The van der Waals surface area contributed by atoms with Gasteiger partial charge in [0, 0.05) is 16.5 Å². The largest absolute Gasteiger partial charge is 0.456 e. The van der Waals surface area contributed by atoms with E-state index in [-0.39, 0.29) is 0 Å². The quantitative estimate of drug-likeness (QED) is 0.558. The predicted molar refractivity (Wildman–Crippen MR) is 93.4 cm³/mol. The Hall–Kier alpha value is -2.02. The van der Waals surface area contributed by atoms with Crippen molar-refractivity contribution >= 4 is 22.6 Å². The predicted octanol–water partition coefficient (Wildman–Crippen LogP) is 6.40. The van der Waals surface area contributed by atoms with E-state index >= 15 is 0 Å². The smallest absolute Gasteiger partial charge is 0.142 e. The van der Waals surface area contributed by atoms with Crippen LogP contribution in [0.1, 0.15) is 50.5 Å². The molecule has 0 amide bonds. The zero-order valence-electron chi connectivity index (χ0n) is 13.3. The second-order valence-corrected chi connectivity index (χ2v) is 5.16. The van der Waals surface area contributed by atoms with Crippen molar-refractivity contribution in [2.24, 2.45) is 0 Å². The minimum absolute atomic E-state index is 0.977. The summed E-state index contributed by atoms with van der Waals surface area (Å²) in [5.41, 5.74) is 4.78. The third-order valence-corrected chi connectivity index (χ3v) is 3.71. The zero-order valence-corrected chi connectivity index (χ0v) is 13.3. The van der Waals surface area contributed by atoms with Crippen molar-refractivity contribution in [1.82, 2.24) is 0 Å². The second-order valence-electron chi connectivity index (χ2n) is 5.16.